The molecule has 0 spiro atoms. The van der Waals surface area contributed by atoms with Crippen molar-refractivity contribution in [1.29, 1.82) is 0 Å². The molecule has 0 amide bonds. The van der Waals surface area contributed by atoms with E-state index in [4.69, 9.17) is 0 Å². The molecule has 0 aliphatic carbocycles. The Balaban J connectivity index is 1.43. The van der Waals surface area contributed by atoms with Crippen LogP contribution in [0.5, 0.6) is 0 Å². The second-order valence-corrected chi connectivity index (χ2v) is 5.91. The van der Waals surface area contributed by atoms with Crippen LogP contribution >= 0.6 is 11.3 Å². The molecule has 0 aromatic carbocycles. The third kappa shape index (κ3) is 4.07. The molecule has 0 saturated carbocycles. The SMILES string of the molecule is CN=C(NCCCc1nnc2ccccn12)NCc1ccsc1. The molecule has 0 unspecified atom stereocenters. The van der Waals surface area contributed by atoms with Crippen LogP contribution in [0.3, 0.4) is 0 Å². The van der Waals surface area contributed by atoms with E-state index in [0.29, 0.717) is 0 Å². The molecular formula is C16H20N6S. The van der Waals surface area contributed by atoms with Crippen molar-refractivity contribution in [2.24, 2.45) is 4.99 Å². The smallest absolute Gasteiger partial charge is 0.191 e. The van der Waals surface area contributed by atoms with Crippen LogP contribution < -0.4 is 10.6 Å². The molecule has 0 fully saturated rings. The van der Waals surface area contributed by atoms with Gasteiger partial charge in [0.25, 0.3) is 0 Å². The summed E-state index contributed by atoms with van der Waals surface area (Å²) in [6.45, 7) is 1.63. The van der Waals surface area contributed by atoms with Crippen molar-refractivity contribution in [2.75, 3.05) is 13.6 Å². The second-order valence-electron chi connectivity index (χ2n) is 5.13. The number of hydrogen-bond acceptors (Lipinski definition) is 4. The lowest BCUT2D eigenvalue weighted by Crippen LogP contribution is -2.37. The van der Waals surface area contributed by atoms with Crippen molar-refractivity contribution in [3.05, 3.63) is 52.6 Å². The largest absolute Gasteiger partial charge is 0.356 e. The van der Waals surface area contributed by atoms with Crippen molar-refractivity contribution in [2.45, 2.75) is 19.4 Å². The lowest BCUT2D eigenvalue weighted by atomic mass is 10.3. The number of aryl methyl sites for hydroxylation is 1. The molecule has 0 aliphatic heterocycles. The molecule has 0 bridgehead atoms. The lowest BCUT2D eigenvalue weighted by molar-refractivity contribution is 0.714. The van der Waals surface area contributed by atoms with Gasteiger partial charge in [0.2, 0.25) is 0 Å². The highest BCUT2D eigenvalue weighted by Crippen LogP contribution is 2.05. The van der Waals surface area contributed by atoms with Crippen LogP contribution in [0.2, 0.25) is 0 Å². The van der Waals surface area contributed by atoms with Gasteiger partial charge < -0.3 is 10.6 Å². The first-order chi connectivity index (χ1) is 11.4. The molecule has 0 aliphatic rings. The van der Waals surface area contributed by atoms with E-state index < -0.39 is 0 Å². The summed E-state index contributed by atoms with van der Waals surface area (Å²) < 4.78 is 2.03. The number of hydrogen-bond donors (Lipinski definition) is 2. The summed E-state index contributed by atoms with van der Waals surface area (Å²) in [6, 6.07) is 8.04. The Labute approximate surface area is 139 Å². The van der Waals surface area contributed by atoms with Crippen LogP contribution in [0.15, 0.2) is 46.2 Å². The number of nitrogens with one attached hydrogen (secondary N) is 2. The average Bonchev–Trinajstić information content (AvgIpc) is 3.24. The maximum Gasteiger partial charge on any atom is 0.191 e. The number of aliphatic imine (C=N–C) groups is 1. The predicted molar refractivity (Wildman–Crippen MR) is 93.8 cm³/mol. The fourth-order valence-electron chi connectivity index (χ4n) is 2.31. The molecule has 2 N–H and O–H groups in total. The normalized spacial score (nSPS) is 11.8. The Morgan fingerprint density at radius 3 is 3.04 bits per heavy atom. The molecule has 3 aromatic heterocycles. The van der Waals surface area contributed by atoms with Gasteiger partial charge in [0, 0.05) is 32.8 Å². The Morgan fingerprint density at radius 2 is 2.22 bits per heavy atom. The highest BCUT2D eigenvalue weighted by atomic mass is 32.1. The minimum Gasteiger partial charge on any atom is -0.356 e. The third-order valence-electron chi connectivity index (χ3n) is 3.52. The topological polar surface area (TPSA) is 66.6 Å². The maximum absolute atomic E-state index is 4.24. The molecule has 3 aromatic rings. The van der Waals surface area contributed by atoms with E-state index in [2.05, 4.69) is 42.6 Å². The van der Waals surface area contributed by atoms with E-state index in [1.807, 2.05) is 28.8 Å². The molecule has 6 nitrogen and oxygen atoms in total. The minimum absolute atomic E-state index is 0.790. The number of thiophene rings is 1. The maximum atomic E-state index is 4.24. The minimum atomic E-state index is 0.790. The number of rotatable bonds is 6. The number of guanidine groups is 1. The summed E-state index contributed by atoms with van der Waals surface area (Å²) in [5, 5.41) is 19.3. The van der Waals surface area contributed by atoms with Crippen LogP contribution in [0, 0.1) is 0 Å². The molecule has 0 saturated heterocycles. The van der Waals surface area contributed by atoms with Crippen LogP contribution in [0.4, 0.5) is 0 Å². The molecule has 7 heteroatoms. The fraction of sp³-hybridized carbons (Fsp3) is 0.312. The number of nitrogens with zero attached hydrogens (tertiary/aromatic N) is 4. The van der Waals surface area contributed by atoms with Crippen molar-refractivity contribution < 1.29 is 0 Å². The van der Waals surface area contributed by atoms with Gasteiger partial charge in [0.05, 0.1) is 0 Å². The van der Waals surface area contributed by atoms with Crippen LogP contribution in [0.1, 0.15) is 17.8 Å². The van der Waals surface area contributed by atoms with Crippen LogP contribution in [-0.2, 0) is 13.0 Å². The van der Waals surface area contributed by atoms with Gasteiger partial charge in [0.1, 0.15) is 5.82 Å². The highest BCUT2D eigenvalue weighted by Gasteiger charge is 2.04. The third-order valence-corrected chi connectivity index (χ3v) is 4.25. The number of fused-ring (bicyclic) bond motifs is 1. The van der Waals surface area contributed by atoms with Crippen LogP contribution in [0.25, 0.3) is 5.65 Å². The second kappa shape index (κ2) is 7.73. The van der Waals surface area contributed by atoms with Gasteiger partial charge in [-0.2, -0.15) is 11.3 Å². The standard InChI is InChI=1S/C16H20N6S/c1-17-16(19-11-13-7-10-23-12-13)18-8-4-6-15-21-20-14-5-2-3-9-22(14)15/h2-3,5,7,9-10,12H,4,6,8,11H2,1H3,(H2,17,18,19). The zero-order chi connectivity index (χ0) is 15.9. The quantitative estimate of drug-likeness (QED) is 0.413. The Kier molecular flexibility index (Phi) is 5.21. The summed E-state index contributed by atoms with van der Waals surface area (Å²) in [5.74, 6) is 1.81. The van der Waals surface area contributed by atoms with Gasteiger partial charge in [-0.3, -0.25) is 9.39 Å². The van der Waals surface area contributed by atoms with Gasteiger partial charge in [0.15, 0.2) is 11.6 Å². The molecular weight excluding hydrogens is 308 g/mol. The van der Waals surface area contributed by atoms with E-state index in [1.54, 1.807) is 18.4 Å². The number of pyridine rings is 1. The van der Waals surface area contributed by atoms with E-state index in [-0.39, 0.29) is 0 Å². The predicted octanol–water partition coefficient (Wildman–Crippen LogP) is 2.09. The first-order valence-corrected chi connectivity index (χ1v) is 8.55. The van der Waals surface area contributed by atoms with Crippen molar-refractivity contribution in [3.8, 4) is 0 Å². The first kappa shape index (κ1) is 15.5. The fourth-order valence-corrected chi connectivity index (χ4v) is 2.98. The molecule has 0 atom stereocenters. The molecule has 0 radical (unpaired) electrons. The average molecular weight is 328 g/mol. The first-order valence-electron chi connectivity index (χ1n) is 7.61. The van der Waals surface area contributed by atoms with E-state index >= 15 is 0 Å². The van der Waals surface area contributed by atoms with Gasteiger partial charge in [-0.1, -0.05) is 6.07 Å². The highest BCUT2D eigenvalue weighted by molar-refractivity contribution is 7.07. The molecule has 120 valence electrons. The van der Waals surface area contributed by atoms with Gasteiger partial charge in [-0.15, -0.1) is 10.2 Å². The summed E-state index contributed by atoms with van der Waals surface area (Å²) in [6.07, 6.45) is 3.84. The van der Waals surface area contributed by atoms with Crippen molar-refractivity contribution >= 4 is 22.9 Å². The summed E-state index contributed by atoms with van der Waals surface area (Å²) in [5.41, 5.74) is 2.16. The Hall–Kier alpha value is -2.41. The van der Waals surface area contributed by atoms with Gasteiger partial charge in [-0.05, 0) is 40.9 Å². The van der Waals surface area contributed by atoms with Crippen LogP contribution in [-0.4, -0.2) is 34.2 Å². The zero-order valence-electron chi connectivity index (χ0n) is 13.1. The van der Waals surface area contributed by atoms with Crippen molar-refractivity contribution in [3.63, 3.8) is 0 Å². The van der Waals surface area contributed by atoms with E-state index in [1.165, 1.54) is 5.56 Å². The van der Waals surface area contributed by atoms with E-state index in [9.17, 15) is 0 Å². The monoisotopic (exact) mass is 328 g/mol. The zero-order valence-corrected chi connectivity index (χ0v) is 13.9. The Morgan fingerprint density at radius 1 is 1.26 bits per heavy atom. The summed E-state index contributed by atoms with van der Waals surface area (Å²) in [4.78, 5) is 4.24. The summed E-state index contributed by atoms with van der Waals surface area (Å²) >= 11 is 1.70. The summed E-state index contributed by atoms with van der Waals surface area (Å²) in [7, 11) is 1.79. The molecule has 3 rings (SSSR count). The Bertz CT molecular complexity index is 762. The molecule has 23 heavy (non-hydrogen) atoms. The van der Waals surface area contributed by atoms with E-state index in [0.717, 1.165) is 43.4 Å². The van der Waals surface area contributed by atoms with Gasteiger partial charge in [-0.25, -0.2) is 0 Å². The molecule has 3 heterocycles. The lowest BCUT2D eigenvalue weighted by Gasteiger charge is -2.11. The number of aromatic nitrogens is 3. The van der Waals surface area contributed by atoms with Gasteiger partial charge >= 0.3 is 0 Å². The van der Waals surface area contributed by atoms with Crippen molar-refractivity contribution in [1.82, 2.24) is 25.2 Å².